The minimum Gasteiger partial charge on any atom is -0.497 e. The second-order valence-corrected chi connectivity index (χ2v) is 6.26. The Labute approximate surface area is 147 Å². The van der Waals surface area contributed by atoms with Crippen LogP contribution in [0.5, 0.6) is 5.75 Å². The van der Waals surface area contributed by atoms with Gasteiger partial charge < -0.3 is 19.7 Å². The maximum Gasteiger partial charge on any atom is 0.329 e. The van der Waals surface area contributed by atoms with E-state index in [0.29, 0.717) is 12.0 Å². The van der Waals surface area contributed by atoms with Crippen molar-refractivity contribution in [2.45, 2.75) is 39.7 Å². The van der Waals surface area contributed by atoms with Crippen molar-refractivity contribution in [2.75, 3.05) is 7.11 Å². The number of carbonyl (C=O) groups is 2. The average molecular weight is 344 g/mol. The number of ether oxygens (including phenoxy) is 1. The summed E-state index contributed by atoms with van der Waals surface area (Å²) in [5.41, 5.74) is 1.73. The Hall–Kier alpha value is -2.76. The van der Waals surface area contributed by atoms with Crippen molar-refractivity contribution in [3.63, 3.8) is 0 Å². The molecule has 0 aliphatic rings. The quantitative estimate of drug-likeness (QED) is 0.844. The molecule has 1 aromatic carbocycles. The summed E-state index contributed by atoms with van der Waals surface area (Å²) in [4.78, 5) is 24.1. The van der Waals surface area contributed by atoms with Gasteiger partial charge in [0.25, 0.3) is 5.91 Å². The number of hydrogen-bond donors (Lipinski definition) is 2. The van der Waals surface area contributed by atoms with Crippen LogP contribution in [0.2, 0.25) is 0 Å². The van der Waals surface area contributed by atoms with Crippen LogP contribution in [0.25, 0.3) is 5.69 Å². The Kier molecular flexibility index (Phi) is 5.21. The number of nitrogens with one attached hydrogen (secondary N) is 1. The van der Waals surface area contributed by atoms with Crippen molar-refractivity contribution in [1.82, 2.24) is 9.88 Å². The molecule has 25 heavy (non-hydrogen) atoms. The fraction of sp³-hybridized carbons (Fsp3) is 0.368. The fourth-order valence-electron chi connectivity index (χ4n) is 2.73. The molecule has 1 heterocycles. The highest BCUT2D eigenvalue weighted by Gasteiger charge is 2.33. The van der Waals surface area contributed by atoms with Crippen LogP contribution in [0.4, 0.5) is 0 Å². The smallest absolute Gasteiger partial charge is 0.329 e. The summed E-state index contributed by atoms with van der Waals surface area (Å²) >= 11 is 0. The highest BCUT2D eigenvalue weighted by atomic mass is 16.5. The minimum absolute atomic E-state index is 0.297. The second-order valence-electron chi connectivity index (χ2n) is 6.26. The molecule has 6 heteroatoms. The van der Waals surface area contributed by atoms with E-state index < -0.39 is 11.5 Å². The highest BCUT2D eigenvalue weighted by molar-refractivity contribution is 5.99. The Morgan fingerprint density at radius 1 is 1.24 bits per heavy atom. The maximum absolute atomic E-state index is 12.6. The number of rotatable bonds is 6. The van der Waals surface area contributed by atoms with E-state index in [2.05, 4.69) is 5.32 Å². The van der Waals surface area contributed by atoms with Gasteiger partial charge in [0.15, 0.2) is 0 Å². The zero-order valence-electron chi connectivity index (χ0n) is 15.2. The summed E-state index contributed by atoms with van der Waals surface area (Å²) in [7, 11) is 1.61. The van der Waals surface area contributed by atoms with Crippen molar-refractivity contribution in [1.29, 1.82) is 0 Å². The summed E-state index contributed by atoms with van der Waals surface area (Å²) in [6.07, 6.45) is 0.297. The van der Waals surface area contributed by atoms with Gasteiger partial charge in [0.1, 0.15) is 11.3 Å². The third-order valence-electron chi connectivity index (χ3n) is 4.57. The zero-order chi connectivity index (χ0) is 18.8. The van der Waals surface area contributed by atoms with Gasteiger partial charge in [-0.3, -0.25) is 4.79 Å². The number of amides is 1. The van der Waals surface area contributed by atoms with Gasteiger partial charge in [0.2, 0.25) is 0 Å². The van der Waals surface area contributed by atoms with E-state index in [1.165, 1.54) is 6.92 Å². The number of benzene rings is 1. The van der Waals surface area contributed by atoms with Crippen LogP contribution in [0.15, 0.2) is 30.3 Å². The molecule has 0 saturated carbocycles. The number of aromatic nitrogens is 1. The van der Waals surface area contributed by atoms with Gasteiger partial charge in [0.05, 0.1) is 12.7 Å². The first-order chi connectivity index (χ1) is 11.7. The lowest BCUT2D eigenvalue weighted by atomic mass is 9.98. The molecular weight excluding hydrogens is 320 g/mol. The standard InChI is InChI=1S/C19H24N2O4/c1-6-19(4,18(23)24)20-17(22)16-11-12(2)21(13(16)3)14-7-9-15(25-5)10-8-14/h7-11H,6H2,1-5H3,(H,20,22)(H,23,24). The summed E-state index contributed by atoms with van der Waals surface area (Å²) in [5.74, 6) is -0.684. The maximum atomic E-state index is 12.6. The summed E-state index contributed by atoms with van der Waals surface area (Å²) in [6.45, 7) is 6.99. The van der Waals surface area contributed by atoms with Crippen LogP contribution >= 0.6 is 0 Å². The molecule has 0 aliphatic heterocycles. The minimum atomic E-state index is -1.29. The molecule has 2 rings (SSSR count). The number of hydrogen-bond acceptors (Lipinski definition) is 3. The Balaban J connectivity index is 2.38. The molecule has 1 aromatic heterocycles. The van der Waals surface area contributed by atoms with E-state index in [1.807, 2.05) is 42.7 Å². The lowest BCUT2D eigenvalue weighted by Crippen LogP contribution is -2.51. The van der Waals surface area contributed by atoms with Gasteiger partial charge >= 0.3 is 5.97 Å². The SMILES string of the molecule is CCC(C)(NC(=O)c1cc(C)n(-c2ccc(OC)cc2)c1C)C(=O)O. The topological polar surface area (TPSA) is 80.6 Å². The summed E-state index contributed by atoms with van der Waals surface area (Å²) < 4.78 is 7.13. The molecule has 0 bridgehead atoms. The second kappa shape index (κ2) is 7.01. The van der Waals surface area contributed by atoms with Gasteiger partial charge in [-0.25, -0.2) is 4.79 Å². The molecule has 0 fully saturated rings. The first kappa shape index (κ1) is 18.6. The van der Waals surface area contributed by atoms with Crippen LogP contribution in [-0.2, 0) is 4.79 Å². The Bertz CT molecular complexity index is 793. The number of carbonyl (C=O) groups excluding carboxylic acids is 1. The van der Waals surface area contributed by atoms with Crippen LogP contribution in [0.1, 0.15) is 42.0 Å². The predicted molar refractivity (Wildman–Crippen MR) is 95.6 cm³/mol. The molecule has 0 radical (unpaired) electrons. The van der Waals surface area contributed by atoms with Crippen molar-refractivity contribution in [2.24, 2.45) is 0 Å². The summed E-state index contributed by atoms with van der Waals surface area (Å²) in [5, 5.41) is 12.0. The van der Waals surface area contributed by atoms with Gasteiger partial charge in [0, 0.05) is 17.1 Å². The first-order valence-corrected chi connectivity index (χ1v) is 8.12. The van der Waals surface area contributed by atoms with Gasteiger partial charge in [-0.1, -0.05) is 6.92 Å². The number of aliphatic carboxylic acids is 1. The van der Waals surface area contributed by atoms with Crippen molar-refractivity contribution in [3.8, 4) is 11.4 Å². The number of carboxylic acid groups (broad SMARTS) is 1. The summed E-state index contributed by atoms with van der Waals surface area (Å²) in [6, 6.07) is 9.30. The fourth-order valence-corrected chi connectivity index (χ4v) is 2.73. The molecule has 0 saturated heterocycles. The van der Waals surface area contributed by atoms with Gasteiger partial charge in [-0.15, -0.1) is 0 Å². The van der Waals surface area contributed by atoms with Crippen LogP contribution in [0.3, 0.4) is 0 Å². The van der Waals surface area contributed by atoms with Crippen molar-refractivity contribution in [3.05, 3.63) is 47.3 Å². The largest absolute Gasteiger partial charge is 0.497 e. The van der Waals surface area contributed by atoms with Crippen molar-refractivity contribution >= 4 is 11.9 Å². The molecule has 0 spiro atoms. The van der Waals surface area contributed by atoms with Gasteiger partial charge in [-0.05, 0) is 57.5 Å². The highest BCUT2D eigenvalue weighted by Crippen LogP contribution is 2.23. The van der Waals surface area contributed by atoms with E-state index in [-0.39, 0.29) is 5.91 Å². The molecular formula is C19H24N2O4. The Morgan fingerprint density at radius 3 is 2.32 bits per heavy atom. The van der Waals surface area contributed by atoms with E-state index in [0.717, 1.165) is 22.8 Å². The van der Waals surface area contributed by atoms with E-state index in [9.17, 15) is 14.7 Å². The van der Waals surface area contributed by atoms with E-state index >= 15 is 0 Å². The Morgan fingerprint density at radius 2 is 1.84 bits per heavy atom. The monoisotopic (exact) mass is 344 g/mol. The molecule has 2 N–H and O–H groups in total. The molecule has 6 nitrogen and oxygen atoms in total. The van der Waals surface area contributed by atoms with Crippen LogP contribution in [-0.4, -0.2) is 34.2 Å². The normalized spacial score (nSPS) is 13.2. The van der Waals surface area contributed by atoms with Crippen LogP contribution in [0, 0.1) is 13.8 Å². The first-order valence-electron chi connectivity index (χ1n) is 8.12. The van der Waals surface area contributed by atoms with Crippen LogP contribution < -0.4 is 10.1 Å². The number of carboxylic acids is 1. The zero-order valence-corrected chi connectivity index (χ0v) is 15.2. The molecule has 1 unspecified atom stereocenters. The average Bonchev–Trinajstić information content (AvgIpc) is 2.89. The lowest BCUT2D eigenvalue weighted by Gasteiger charge is -2.24. The molecule has 134 valence electrons. The molecule has 1 atom stereocenters. The predicted octanol–water partition coefficient (Wildman–Crippen LogP) is 3.09. The molecule has 2 aromatic rings. The van der Waals surface area contributed by atoms with Crippen molar-refractivity contribution < 1.29 is 19.4 Å². The number of nitrogens with zero attached hydrogens (tertiary/aromatic N) is 1. The van der Waals surface area contributed by atoms with Gasteiger partial charge in [-0.2, -0.15) is 0 Å². The molecule has 1 amide bonds. The van der Waals surface area contributed by atoms with E-state index in [4.69, 9.17) is 4.74 Å². The lowest BCUT2D eigenvalue weighted by molar-refractivity contribution is -0.143. The third-order valence-corrected chi connectivity index (χ3v) is 4.57. The third kappa shape index (κ3) is 3.52. The number of aryl methyl sites for hydroxylation is 1. The molecule has 0 aliphatic carbocycles. The van der Waals surface area contributed by atoms with E-state index in [1.54, 1.807) is 20.1 Å². The number of methoxy groups -OCH3 is 1.